The summed E-state index contributed by atoms with van der Waals surface area (Å²) in [6, 6.07) is 27.6. The Balaban J connectivity index is 1.28. The van der Waals surface area contributed by atoms with E-state index in [0.29, 0.717) is 0 Å². The quantitative estimate of drug-likeness (QED) is 0.299. The molecular formula is C32H35NOS3. The number of aliphatic hydroxyl groups is 1. The van der Waals surface area contributed by atoms with Crippen molar-refractivity contribution < 1.29 is 5.11 Å². The zero-order chi connectivity index (χ0) is 25.6. The molecule has 5 rings (SSSR count). The number of hydrogen-bond acceptors (Lipinski definition) is 5. The smallest absolute Gasteiger partial charge is 0.140 e. The molecule has 2 heterocycles. The molecule has 2 nitrogen and oxygen atoms in total. The molecule has 192 valence electrons. The molecule has 0 amide bonds. The Morgan fingerprint density at radius 1 is 0.838 bits per heavy atom. The second-order valence-electron chi connectivity index (χ2n) is 9.79. The van der Waals surface area contributed by atoms with E-state index < -0.39 is 5.60 Å². The molecule has 5 heteroatoms. The van der Waals surface area contributed by atoms with E-state index in [0.717, 1.165) is 71.2 Å². The van der Waals surface area contributed by atoms with Crippen LogP contribution in [0.5, 0.6) is 0 Å². The minimum Gasteiger partial charge on any atom is -0.378 e. The van der Waals surface area contributed by atoms with Gasteiger partial charge in [0.1, 0.15) is 5.60 Å². The number of fused-ring (bicyclic) bond motifs is 2. The highest BCUT2D eigenvalue weighted by molar-refractivity contribution is 8.18. The van der Waals surface area contributed by atoms with Gasteiger partial charge in [-0.2, -0.15) is 0 Å². The molecule has 0 spiro atoms. The summed E-state index contributed by atoms with van der Waals surface area (Å²) in [6.45, 7) is 1.83. The molecule has 3 aromatic carbocycles. The summed E-state index contributed by atoms with van der Waals surface area (Å²) < 4.78 is -0.352. The molecule has 0 aliphatic carbocycles. The number of nitrogens with zero attached hydrogens (tertiary/aromatic N) is 1. The molecule has 0 aromatic heterocycles. The van der Waals surface area contributed by atoms with Crippen molar-refractivity contribution in [2.24, 2.45) is 0 Å². The Morgan fingerprint density at radius 2 is 1.46 bits per heavy atom. The zero-order valence-corrected chi connectivity index (χ0v) is 23.9. The third kappa shape index (κ3) is 5.79. The van der Waals surface area contributed by atoms with Gasteiger partial charge in [0.25, 0.3) is 0 Å². The Kier molecular flexibility index (Phi) is 8.95. The highest BCUT2D eigenvalue weighted by Crippen LogP contribution is 2.63. The highest BCUT2D eigenvalue weighted by Gasteiger charge is 2.56. The maximum Gasteiger partial charge on any atom is 0.140 e. The lowest BCUT2D eigenvalue weighted by Crippen LogP contribution is -2.51. The van der Waals surface area contributed by atoms with Crippen LogP contribution in [0, 0.1) is 11.8 Å². The van der Waals surface area contributed by atoms with Crippen molar-refractivity contribution in [1.82, 2.24) is 4.90 Å². The van der Waals surface area contributed by atoms with Gasteiger partial charge in [-0.25, -0.2) is 0 Å². The monoisotopic (exact) mass is 545 g/mol. The van der Waals surface area contributed by atoms with Gasteiger partial charge in [-0.3, -0.25) is 4.90 Å². The molecular weight excluding hydrogens is 511 g/mol. The molecule has 1 fully saturated rings. The van der Waals surface area contributed by atoms with Crippen LogP contribution >= 0.6 is 35.3 Å². The minimum absolute atomic E-state index is 0.352. The third-order valence-electron chi connectivity index (χ3n) is 7.19. The largest absolute Gasteiger partial charge is 0.378 e. The van der Waals surface area contributed by atoms with Gasteiger partial charge in [-0.1, -0.05) is 84.4 Å². The first-order valence-corrected chi connectivity index (χ1v) is 16.0. The summed E-state index contributed by atoms with van der Waals surface area (Å²) in [6.07, 6.45) is 5.08. The summed E-state index contributed by atoms with van der Waals surface area (Å²) in [7, 11) is 2.16. The number of hydrogen-bond donors (Lipinski definition) is 1. The first-order chi connectivity index (χ1) is 18.1. The van der Waals surface area contributed by atoms with Crippen molar-refractivity contribution in [1.29, 1.82) is 0 Å². The van der Waals surface area contributed by atoms with E-state index in [1.165, 1.54) is 12.0 Å². The predicted molar refractivity (Wildman–Crippen MR) is 162 cm³/mol. The van der Waals surface area contributed by atoms with Gasteiger partial charge < -0.3 is 5.11 Å². The second kappa shape index (κ2) is 12.4. The SMILES string of the molecule is CN(CC#CCCC1(C2(O)c3ccccc3Sc3ccccc32)SCCCS1)CCCc1ccccc1. The van der Waals surface area contributed by atoms with Gasteiger partial charge in [-0.15, -0.1) is 29.4 Å². The van der Waals surface area contributed by atoms with Crippen LogP contribution in [-0.4, -0.2) is 45.7 Å². The van der Waals surface area contributed by atoms with E-state index in [9.17, 15) is 5.11 Å². The predicted octanol–water partition coefficient (Wildman–Crippen LogP) is 7.30. The zero-order valence-electron chi connectivity index (χ0n) is 21.5. The van der Waals surface area contributed by atoms with Gasteiger partial charge in [0, 0.05) is 27.3 Å². The van der Waals surface area contributed by atoms with Crippen LogP contribution in [0.4, 0.5) is 0 Å². The average Bonchev–Trinajstić information content (AvgIpc) is 2.94. The van der Waals surface area contributed by atoms with Crippen LogP contribution in [0.3, 0.4) is 0 Å². The van der Waals surface area contributed by atoms with Crippen LogP contribution in [0.2, 0.25) is 0 Å². The average molecular weight is 546 g/mol. The summed E-state index contributed by atoms with van der Waals surface area (Å²) in [5, 5.41) is 12.8. The molecule has 0 radical (unpaired) electrons. The van der Waals surface area contributed by atoms with Crippen LogP contribution in [0.1, 0.15) is 42.4 Å². The maximum absolute atomic E-state index is 12.8. The Hall–Kier alpha value is -1.81. The first kappa shape index (κ1) is 26.8. The molecule has 0 saturated carbocycles. The summed E-state index contributed by atoms with van der Waals surface area (Å²) >= 11 is 5.66. The molecule has 1 N–H and O–H groups in total. The summed E-state index contributed by atoms with van der Waals surface area (Å²) in [5.41, 5.74) is 2.45. The normalized spacial score (nSPS) is 17.4. The van der Waals surface area contributed by atoms with Crippen LogP contribution in [0.15, 0.2) is 88.7 Å². The molecule has 0 bridgehead atoms. The lowest BCUT2D eigenvalue weighted by Gasteiger charge is -2.51. The van der Waals surface area contributed by atoms with Crippen LogP contribution in [0.25, 0.3) is 0 Å². The van der Waals surface area contributed by atoms with Gasteiger partial charge in [0.05, 0.1) is 10.6 Å². The fourth-order valence-electron chi connectivity index (χ4n) is 5.27. The van der Waals surface area contributed by atoms with Crippen LogP contribution < -0.4 is 0 Å². The third-order valence-corrected chi connectivity index (χ3v) is 12.0. The van der Waals surface area contributed by atoms with Crippen molar-refractivity contribution in [3.05, 3.63) is 95.6 Å². The standard InChI is InChI=1S/C32H35NOS3/c1-33(23-12-16-26-14-4-2-5-15-26)22-11-3-10-21-31(35-24-13-25-36-31)32(34)27-17-6-8-19-29(27)37-30-20-9-7-18-28(30)32/h2,4-9,14-15,17-20,34H,10,12-13,16,21-25H2,1H3. The van der Waals surface area contributed by atoms with E-state index in [4.69, 9.17) is 0 Å². The number of benzene rings is 3. The van der Waals surface area contributed by atoms with Gasteiger partial charge in [-0.05, 0) is 68.5 Å². The Bertz CT molecular complexity index is 1200. The lowest BCUT2D eigenvalue weighted by molar-refractivity contribution is 0.0578. The van der Waals surface area contributed by atoms with E-state index in [-0.39, 0.29) is 4.08 Å². The molecule has 2 aliphatic heterocycles. The second-order valence-corrected chi connectivity index (χ2v) is 13.9. The summed E-state index contributed by atoms with van der Waals surface area (Å²) in [4.78, 5) is 4.64. The molecule has 0 atom stereocenters. The first-order valence-electron chi connectivity index (χ1n) is 13.2. The van der Waals surface area contributed by atoms with E-state index >= 15 is 0 Å². The van der Waals surface area contributed by atoms with Crippen molar-refractivity contribution >= 4 is 35.3 Å². The van der Waals surface area contributed by atoms with Crippen molar-refractivity contribution in [2.45, 2.75) is 51.6 Å². The van der Waals surface area contributed by atoms with E-state index in [2.05, 4.69) is 103 Å². The number of rotatable bonds is 8. The van der Waals surface area contributed by atoms with Gasteiger partial charge in [0.2, 0.25) is 0 Å². The molecule has 0 unspecified atom stereocenters. The fourth-order valence-corrected chi connectivity index (χ4v) is 10.1. The van der Waals surface area contributed by atoms with E-state index in [1.54, 1.807) is 11.8 Å². The van der Waals surface area contributed by atoms with Crippen LogP contribution in [-0.2, 0) is 12.0 Å². The van der Waals surface area contributed by atoms with Gasteiger partial charge >= 0.3 is 0 Å². The van der Waals surface area contributed by atoms with E-state index in [1.807, 2.05) is 23.5 Å². The van der Waals surface area contributed by atoms with Gasteiger partial charge in [0.15, 0.2) is 0 Å². The van der Waals surface area contributed by atoms with Crippen molar-refractivity contribution in [2.75, 3.05) is 31.6 Å². The number of aryl methyl sites for hydroxylation is 1. The molecule has 1 saturated heterocycles. The number of thioether (sulfide) groups is 2. The molecule has 3 aromatic rings. The fraction of sp³-hybridized carbons (Fsp3) is 0.375. The molecule has 37 heavy (non-hydrogen) atoms. The Morgan fingerprint density at radius 3 is 2.14 bits per heavy atom. The van der Waals surface area contributed by atoms with Crippen molar-refractivity contribution in [3.8, 4) is 11.8 Å². The minimum atomic E-state index is -1.04. The lowest BCUT2D eigenvalue weighted by atomic mass is 9.80. The topological polar surface area (TPSA) is 23.5 Å². The van der Waals surface area contributed by atoms with Crippen molar-refractivity contribution in [3.63, 3.8) is 0 Å². The Labute approximate surface area is 235 Å². The summed E-state index contributed by atoms with van der Waals surface area (Å²) in [5.74, 6) is 9.03. The maximum atomic E-state index is 12.8. The molecule has 2 aliphatic rings. The highest BCUT2D eigenvalue weighted by atomic mass is 32.2.